The molecule has 3 aromatic rings. The first-order chi connectivity index (χ1) is 18.6. The van der Waals surface area contributed by atoms with Gasteiger partial charge < -0.3 is 29.2 Å². The number of hydrogen-bond acceptors (Lipinski definition) is 9. The Kier molecular flexibility index (Phi) is 13.0. The zero-order valence-electron chi connectivity index (χ0n) is 22.1. The highest BCUT2D eigenvalue weighted by atomic mass is 16.6. The van der Waals surface area contributed by atoms with Crippen LogP contribution in [-0.2, 0) is 30.2 Å². The number of phenolic OH excluding ortho intramolecular Hbond substituents is 1. The molecule has 0 radical (unpaired) electrons. The Morgan fingerprint density at radius 3 is 2.16 bits per heavy atom. The van der Waals surface area contributed by atoms with Crippen molar-refractivity contribution in [1.82, 2.24) is 15.0 Å². The van der Waals surface area contributed by atoms with Crippen molar-refractivity contribution in [2.45, 2.75) is 39.0 Å². The Balaban J connectivity index is 1.45. The Labute approximate surface area is 223 Å². The lowest BCUT2D eigenvalue weighted by Gasteiger charge is -2.17. The van der Waals surface area contributed by atoms with Gasteiger partial charge in [-0.05, 0) is 49.1 Å². The molecule has 0 fully saturated rings. The number of phenols is 1. The van der Waals surface area contributed by atoms with Crippen LogP contribution in [0.2, 0.25) is 0 Å². The average molecular weight is 530 g/mol. The molecule has 0 saturated carbocycles. The van der Waals surface area contributed by atoms with Crippen LogP contribution in [0, 0.1) is 5.92 Å². The Hall–Kier alpha value is -3.05. The van der Waals surface area contributed by atoms with E-state index in [1.54, 1.807) is 6.07 Å². The monoisotopic (exact) mass is 529 g/mol. The zero-order chi connectivity index (χ0) is 27.0. The second kappa shape index (κ2) is 16.7. The second-order valence-electron chi connectivity index (χ2n) is 8.93. The lowest BCUT2D eigenvalue weighted by atomic mass is 9.94. The molecule has 10 heteroatoms. The molecule has 3 rings (SSSR count). The van der Waals surface area contributed by atoms with Gasteiger partial charge in [-0.3, -0.25) is 4.79 Å². The van der Waals surface area contributed by atoms with Crippen molar-refractivity contribution in [3.8, 4) is 11.4 Å². The smallest absolute Gasteiger partial charge is 0.309 e. The van der Waals surface area contributed by atoms with Crippen molar-refractivity contribution in [3.05, 3.63) is 48.0 Å². The molecule has 2 aromatic carbocycles. The van der Waals surface area contributed by atoms with E-state index in [-0.39, 0.29) is 30.9 Å². The van der Waals surface area contributed by atoms with Gasteiger partial charge in [-0.1, -0.05) is 38.0 Å². The molecule has 208 valence electrons. The van der Waals surface area contributed by atoms with Gasteiger partial charge in [0, 0.05) is 13.2 Å². The lowest BCUT2D eigenvalue weighted by molar-refractivity contribution is -0.150. The molecule has 1 unspecified atom stereocenters. The molecular weight excluding hydrogens is 490 g/mol. The summed E-state index contributed by atoms with van der Waals surface area (Å²) in [5.74, 6) is -0.487. The van der Waals surface area contributed by atoms with Gasteiger partial charge in [-0.15, -0.1) is 15.0 Å². The van der Waals surface area contributed by atoms with Gasteiger partial charge in [-0.2, -0.15) is 0 Å². The first kappa shape index (κ1) is 29.5. The Morgan fingerprint density at radius 1 is 0.895 bits per heavy atom. The van der Waals surface area contributed by atoms with Crippen molar-refractivity contribution >= 4 is 17.0 Å². The quantitative estimate of drug-likeness (QED) is 0.177. The fourth-order valence-corrected chi connectivity index (χ4v) is 3.89. The number of aromatic nitrogens is 3. The van der Waals surface area contributed by atoms with Gasteiger partial charge in [0.25, 0.3) is 0 Å². The lowest BCUT2D eigenvalue weighted by Crippen LogP contribution is -2.22. The highest BCUT2D eigenvalue weighted by molar-refractivity contribution is 5.74. The van der Waals surface area contributed by atoms with E-state index in [0.29, 0.717) is 64.6 Å². The van der Waals surface area contributed by atoms with E-state index in [1.807, 2.05) is 36.4 Å². The molecule has 2 N–H and O–H groups in total. The van der Waals surface area contributed by atoms with Gasteiger partial charge in [0.15, 0.2) is 0 Å². The van der Waals surface area contributed by atoms with Gasteiger partial charge in [0.1, 0.15) is 29.1 Å². The molecule has 0 aliphatic carbocycles. The number of hydrogen-bond donors (Lipinski definition) is 2. The van der Waals surface area contributed by atoms with Crippen LogP contribution >= 0.6 is 0 Å². The summed E-state index contributed by atoms with van der Waals surface area (Å²) in [6.07, 6.45) is 3.71. The molecule has 0 amide bonds. The van der Waals surface area contributed by atoms with E-state index in [4.69, 9.17) is 24.1 Å². The van der Waals surface area contributed by atoms with E-state index in [1.165, 1.54) is 4.80 Å². The van der Waals surface area contributed by atoms with Crippen molar-refractivity contribution < 1.29 is 34.0 Å². The Bertz CT molecular complexity index is 1070. The van der Waals surface area contributed by atoms with Gasteiger partial charge in [0.2, 0.25) is 0 Å². The van der Waals surface area contributed by atoms with Crippen molar-refractivity contribution in [3.63, 3.8) is 0 Å². The number of rotatable bonds is 19. The number of aliphatic hydroxyl groups excluding tert-OH is 1. The maximum Gasteiger partial charge on any atom is 0.309 e. The highest BCUT2D eigenvalue weighted by Crippen LogP contribution is 2.26. The predicted molar refractivity (Wildman–Crippen MR) is 142 cm³/mol. The number of aromatic hydroxyl groups is 1. The minimum absolute atomic E-state index is 0.0668. The minimum atomic E-state index is -0.300. The summed E-state index contributed by atoms with van der Waals surface area (Å²) in [5, 5.41) is 28.1. The van der Waals surface area contributed by atoms with Crippen molar-refractivity contribution in [1.29, 1.82) is 0 Å². The molecule has 1 atom stereocenters. The van der Waals surface area contributed by atoms with Crippen LogP contribution in [0.5, 0.6) is 5.75 Å². The zero-order valence-corrected chi connectivity index (χ0v) is 22.1. The number of carbonyl (C=O) groups is 1. The molecule has 1 aromatic heterocycles. The maximum atomic E-state index is 12.9. The third-order valence-electron chi connectivity index (χ3n) is 5.93. The summed E-state index contributed by atoms with van der Waals surface area (Å²) < 4.78 is 21.7. The third kappa shape index (κ3) is 9.68. The fourth-order valence-electron chi connectivity index (χ4n) is 3.89. The maximum absolute atomic E-state index is 12.9. The first-order valence-corrected chi connectivity index (χ1v) is 13.3. The summed E-state index contributed by atoms with van der Waals surface area (Å²) >= 11 is 0. The highest BCUT2D eigenvalue weighted by Gasteiger charge is 2.21. The van der Waals surface area contributed by atoms with Crippen LogP contribution in [0.3, 0.4) is 0 Å². The third-order valence-corrected chi connectivity index (χ3v) is 5.93. The molecule has 0 aliphatic rings. The summed E-state index contributed by atoms with van der Waals surface area (Å²) in [6.45, 7) is 4.99. The summed E-state index contributed by atoms with van der Waals surface area (Å²) in [6, 6.07) is 12.8. The first-order valence-electron chi connectivity index (χ1n) is 13.3. The van der Waals surface area contributed by atoms with Gasteiger partial charge in [0.05, 0.1) is 39.0 Å². The van der Waals surface area contributed by atoms with Gasteiger partial charge in [-0.25, -0.2) is 0 Å². The molecule has 0 bridgehead atoms. The number of carbonyl (C=O) groups excluding carboxylic acids is 1. The van der Waals surface area contributed by atoms with E-state index >= 15 is 0 Å². The van der Waals surface area contributed by atoms with E-state index in [2.05, 4.69) is 17.1 Å². The average Bonchev–Trinajstić information content (AvgIpc) is 3.36. The van der Waals surface area contributed by atoms with Crippen molar-refractivity contribution in [2.75, 3.05) is 52.9 Å². The number of benzene rings is 2. The standard InChI is InChI=1S/C28H39N3O7/c1-2-3-7-23(28(34)38-19-18-37-17-16-36-15-14-35-13-6-12-32)20-22-10-11-27(33)26(21-22)31-29-24-8-4-5-9-25(24)30-31/h4-5,8-11,21,23,32-33H,2-3,6-7,12-20H2,1H3. The molecule has 0 saturated heterocycles. The number of ether oxygens (including phenoxy) is 4. The van der Waals surface area contributed by atoms with Crippen LogP contribution in [0.15, 0.2) is 42.5 Å². The normalized spacial score (nSPS) is 12.2. The number of nitrogens with zero attached hydrogens (tertiary/aromatic N) is 3. The predicted octanol–water partition coefficient (Wildman–Crippen LogP) is 3.45. The van der Waals surface area contributed by atoms with Crippen LogP contribution < -0.4 is 0 Å². The Morgan fingerprint density at radius 2 is 1.53 bits per heavy atom. The fraction of sp³-hybridized carbons (Fsp3) is 0.536. The summed E-state index contributed by atoms with van der Waals surface area (Å²) in [5.41, 5.74) is 2.83. The van der Waals surface area contributed by atoms with E-state index in [9.17, 15) is 9.90 Å². The number of aliphatic hydroxyl groups is 1. The van der Waals surface area contributed by atoms with Crippen LogP contribution in [0.1, 0.15) is 38.2 Å². The molecule has 0 aliphatic heterocycles. The molecule has 10 nitrogen and oxygen atoms in total. The largest absolute Gasteiger partial charge is 0.506 e. The van der Waals surface area contributed by atoms with Crippen LogP contribution in [0.4, 0.5) is 0 Å². The van der Waals surface area contributed by atoms with E-state index in [0.717, 1.165) is 29.4 Å². The molecule has 1 heterocycles. The summed E-state index contributed by atoms with van der Waals surface area (Å²) in [4.78, 5) is 14.3. The summed E-state index contributed by atoms with van der Waals surface area (Å²) in [7, 11) is 0. The molecule has 38 heavy (non-hydrogen) atoms. The van der Waals surface area contributed by atoms with Crippen LogP contribution in [0.25, 0.3) is 16.7 Å². The molecule has 0 spiro atoms. The number of fused-ring (bicyclic) bond motifs is 1. The topological polar surface area (TPSA) is 125 Å². The SMILES string of the molecule is CCCCC(Cc1ccc(O)c(-n2nc3ccccc3n2)c1)C(=O)OCCOCCOCCOCCCO. The molecular formula is C28H39N3O7. The second-order valence-corrected chi connectivity index (χ2v) is 8.93. The minimum Gasteiger partial charge on any atom is -0.506 e. The number of unbranched alkanes of at least 4 members (excludes halogenated alkanes) is 1. The van der Waals surface area contributed by atoms with E-state index < -0.39 is 0 Å². The number of esters is 1. The van der Waals surface area contributed by atoms with Crippen LogP contribution in [-0.4, -0.2) is 84.0 Å². The van der Waals surface area contributed by atoms with Gasteiger partial charge >= 0.3 is 5.97 Å². The van der Waals surface area contributed by atoms with Crippen molar-refractivity contribution in [2.24, 2.45) is 5.92 Å².